The van der Waals surface area contributed by atoms with Crippen molar-refractivity contribution in [3.8, 4) is 5.88 Å². The second-order valence-electron chi connectivity index (χ2n) is 5.99. The topological polar surface area (TPSA) is 65.3 Å². The van der Waals surface area contributed by atoms with Gasteiger partial charge in [0.15, 0.2) is 5.82 Å². The zero-order valence-corrected chi connectivity index (χ0v) is 13.3. The molecule has 1 aromatic rings. The summed E-state index contributed by atoms with van der Waals surface area (Å²) in [6, 6.07) is 2.57. The molecule has 0 atom stereocenters. The monoisotopic (exact) mass is 298 g/mol. The molecular formula is C13H19FN2O3Si. The first-order valence-corrected chi connectivity index (χ1v) is 9.11. The molecule has 0 unspecified atom stereocenters. The molecule has 0 aliphatic heterocycles. The van der Waals surface area contributed by atoms with Crippen molar-refractivity contribution in [3.05, 3.63) is 40.0 Å². The summed E-state index contributed by atoms with van der Waals surface area (Å²) in [5, 5.41) is 10.2. The maximum absolute atomic E-state index is 13.8. The predicted molar refractivity (Wildman–Crippen MR) is 78.0 cm³/mol. The molecule has 0 aromatic carbocycles. The first-order chi connectivity index (χ1) is 9.03. The predicted octanol–water partition coefficient (Wildman–Crippen LogP) is 3.85. The zero-order chi connectivity index (χ0) is 15.6. The molecule has 20 heavy (non-hydrogen) atoms. The van der Waals surface area contributed by atoms with Crippen molar-refractivity contribution in [1.82, 2.24) is 4.98 Å². The average Bonchev–Trinajstić information content (AvgIpc) is 2.28. The van der Waals surface area contributed by atoms with Crippen LogP contribution in [0.5, 0.6) is 5.88 Å². The van der Waals surface area contributed by atoms with Crippen LogP contribution in [0.15, 0.2) is 18.3 Å². The minimum absolute atomic E-state index is 0.0895. The third-order valence-corrected chi connectivity index (χ3v) is 7.68. The normalized spacial score (nSPS) is 12.7. The first kappa shape index (κ1) is 16.3. The van der Waals surface area contributed by atoms with Crippen LogP contribution in [0.1, 0.15) is 26.5 Å². The van der Waals surface area contributed by atoms with Gasteiger partial charge in [0.1, 0.15) is 0 Å². The third-order valence-electron chi connectivity index (χ3n) is 3.36. The van der Waals surface area contributed by atoms with Gasteiger partial charge in [0.2, 0.25) is 12.1 Å². The van der Waals surface area contributed by atoms with E-state index in [2.05, 4.69) is 4.98 Å². The van der Waals surface area contributed by atoms with Gasteiger partial charge in [-0.05, 0) is 30.3 Å². The van der Waals surface area contributed by atoms with Gasteiger partial charge in [-0.1, -0.05) is 20.8 Å². The summed E-state index contributed by atoms with van der Waals surface area (Å²) in [6.45, 7) is 10.1. The highest BCUT2D eigenvalue weighted by atomic mass is 28.4. The third kappa shape index (κ3) is 4.12. The van der Waals surface area contributed by atoms with Crippen LogP contribution in [0.4, 0.5) is 4.39 Å². The Morgan fingerprint density at radius 1 is 1.40 bits per heavy atom. The maximum Gasteiger partial charge on any atom is 0.252 e. The summed E-state index contributed by atoms with van der Waals surface area (Å²) >= 11 is 0. The van der Waals surface area contributed by atoms with Crippen LogP contribution in [0.25, 0.3) is 6.08 Å². The Hall–Kier alpha value is -1.76. The maximum atomic E-state index is 13.8. The SMILES string of the molecule is CC(C)(C)[Si](C)(C)Oc1nc(/C=C/[N+](=O)[O-])ccc1F. The van der Waals surface area contributed by atoms with Crippen molar-refractivity contribution >= 4 is 14.4 Å². The van der Waals surface area contributed by atoms with Crippen LogP contribution >= 0.6 is 0 Å². The van der Waals surface area contributed by atoms with Gasteiger partial charge < -0.3 is 4.43 Å². The minimum Gasteiger partial charge on any atom is -0.529 e. The highest BCUT2D eigenvalue weighted by Gasteiger charge is 2.39. The fraction of sp³-hybridized carbons (Fsp3) is 0.462. The molecule has 0 fully saturated rings. The van der Waals surface area contributed by atoms with Gasteiger partial charge in [-0.25, -0.2) is 9.37 Å². The van der Waals surface area contributed by atoms with E-state index in [4.69, 9.17) is 4.43 Å². The molecule has 0 radical (unpaired) electrons. The average molecular weight is 298 g/mol. The summed E-state index contributed by atoms with van der Waals surface area (Å²) in [6.07, 6.45) is 1.97. The Morgan fingerprint density at radius 3 is 2.50 bits per heavy atom. The molecule has 7 heteroatoms. The highest BCUT2D eigenvalue weighted by Crippen LogP contribution is 2.37. The number of rotatable bonds is 4. The number of hydrogen-bond donors (Lipinski definition) is 0. The Bertz CT molecular complexity index is 539. The van der Waals surface area contributed by atoms with Gasteiger partial charge in [-0.3, -0.25) is 10.1 Å². The lowest BCUT2D eigenvalue weighted by molar-refractivity contribution is -0.401. The number of pyridine rings is 1. The van der Waals surface area contributed by atoms with Crippen molar-refractivity contribution < 1.29 is 13.7 Å². The molecule has 1 rings (SSSR count). The number of hydrogen-bond acceptors (Lipinski definition) is 4. The van der Waals surface area contributed by atoms with E-state index in [0.29, 0.717) is 0 Å². The van der Waals surface area contributed by atoms with E-state index in [1.54, 1.807) is 0 Å². The van der Waals surface area contributed by atoms with E-state index in [0.717, 1.165) is 6.20 Å². The fourth-order valence-corrected chi connectivity index (χ4v) is 2.07. The smallest absolute Gasteiger partial charge is 0.252 e. The minimum atomic E-state index is -2.21. The number of halogens is 1. The van der Waals surface area contributed by atoms with Crippen LogP contribution in [0.2, 0.25) is 18.1 Å². The molecule has 1 aromatic heterocycles. The summed E-state index contributed by atoms with van der Waals surface area (Å²) in [7, 11) is -2.21. The van der Waals surface area contributed by atoms with E-state index in [1.165, 1.54) is 18.2 Å². The van der Waals surface area contributed by atoms with Crippen molar-refractivity contribution in [1.29, 1.82) is 0 Å². The number of aromatic nitrogens is 1. The first-order valence-electron chi connectivity index (χ1n) is 6.20. The van der Waals surface area contributed by atoms with Crippen LogP contribution in [0, 0.1) is 15.9 Å². The lowest BCUT2D eigenvalue weighted by atomic mass is 10.2. The van der Waals surface area contributed by atoms with E-state index < -0.39 is 19.1 Å². The van der Waals surface area contributed by atoms with Gasteiger partial charge in [-0.15, -0.1) is 0 Å². The zero-order valence-electron chi connectivity index (χ0n) is 12.3. The van der Waals surface area contributed by atoms with E-state index in [1.807, 2.05) is 33.9 Å². The van der Waals surface area contributed by atoms with Crippen LogP contribution in [-0.4, -0.2) is 18.2 Å². The quantitative estimate of drug-likeness (QED) is 0.481. The van der Waals surface area contributed by atoms with Gasteiger partial charge >= 0.3 is 0 Å². The van der Waals surface area contributed by atoms with Crippen LogP contribution < -0.4 is 4.43 Å². The number of nitro groups is 1. The molecule has 0 saturated carbocycles. The summed E-state index contributed by atoms with van der Waals surface area (Å²) in [5.41, 5.74) is 0.289. The molecule has 0 saturated heterocycles. The van der Waals surface area contributed by atoms with Crippen LogP contribution in [-0.2, 0) is 0 Å². The van der Waals surface area contributed by atoms with Crippen molar-refractivity contribution in [2.24, 2.45) is 0 Å². The lowest BCUT2D eigenvalue weighted by Crippen LogP contribution is -2.44. The standard InChI is InChI=1S/C13H19FN2O3Si/c1-13(2,3)20(4,5)19-12-11(14)7-6-10(15-12)8-9-16(17)18/h6-9H,1-5H3/b9-8+. The van der Waals surface area contributed by atoms with E-state index in [-0.39, 0.29) is 16.6 Å². The molecule has 0 aliphatic carbocycles. The van der Waals surface area contributed by atoms with Gasteiger partial charge in [0.25, 0.3) is 8.32 Å². The van der Waals surface area contributed by atoms with Gasteiger partial charge in [0, 0.05) is 6.08 Å². The molecule has 5 nitrogen and oxygen atoms in total. The second kappa shape index (κ2) is 5.70. The summed E-state index contributed by atoms with van der Waals surface area (Å²) in [4.78, 5) is 13.7. The lowest BCUT2D eigenvalue weighted by Gasteiger charge is -2.35. The molecule has 1 heterocycles. The van der Waals surface area contributed by atoms with Crippen LogP contribution in [0.3, 0.4) is 0 Å². The van der Waals surface area contributed by atoms with Crippen molar-refractivity contribution in [3.63, 3.8) is 0 Å². The number of nitrogens with zero attached hydrogens (tertiary/aromatic N) is 2. The van der Waals surface area contributed by atoms with Crippen molar-refractivity contribution in [2.75, 3.05) is 0 Å². The molecule has 0 N–H and O–H groups in total. The fourth-order valence-electron chi connectivity index (χ4n) is 1.13. The Balaban J connectivity index is 3.07. The summed E-state index contributed by atoms with van der Waals surface area (Å²) in [5.74, 6) is -0.657. The molecule has 110 valence electrons. The largest absolute Gasteiger partial charge is 0.529 e. The van der Waals surface area contributed by atoms with Gasteiger partial charge in [-0.2, -0.15) is 0 Å². The van der Waals surface area contributed by atoms with E-state index in [9.17, 15) is 14.5 Å². The Kier molecular flexibility index (Phi) is 4.64. The van der Waals surface area contributed by atoms with Gasteiger partial charge in [0.05, 0.1) is 10.6 Å². The highest BCUT2D eigenvalue weighted by molar-refractivity contribution is 6.74. The Morgan fingerprint density at radius 2 is 2.00 bits per heavy atom. The molecule has 0 aliphatic rings. The molecule has 0 bridgehead atoms. The molecule has 0 spiro atoms. The molecule has 0 amide bonds. The second-order valence-corrected chi connectivity index (χ2v) is 10.7. The summed E-state index contributed by atoms with van der Waals surface area (Å²) < 4.78 is 19.6. The van der Waals surface area contributed by atoms with Crippen molar-refractivity contribution in [2.45, 2.75) is 38.9 Å². The molecular weight excluding hydrogens is 279 g/mol. The van der Waals surface area contributed by atoms with E-state index >= 15 is 0 Å². The Labute approximate surface area is 118 Å².